The van der Waals surface area contributed by atoms with Crippen LogP contribution in [0.3, 0.4) is 0 Å². The van der Waals surface area contributed by atoms with Crippen LogP contribution in [0, 0.1) is 0 Å². The lowest BCUT2D eigenvalue weighted by atomic mass is 10.2. The summed E-state index contributed by atoms with van der Waals surface area (Å²) in [6, 6.07) is 9.44. The molecule has 94 valence electrons. The third kappa shape index (κ3) is 2.91. The lowest BCUT2D eigenvalue weighted by molar-refractivity contribution is 0.103. The zero-order valence-corrected chi connectivity index (χ0v) is 12.2. The molecule has 1 aromatic carbocycles. The van der Waals surface area contributed by atoms with Crippen molar-refractivity contribution in [2.24, 2.45) is 0 Å². The standard InChI is InChI=1S/C13H12BrNO2S/c1-17-10-6-12(18-8-10)13(16)15-11-5-3-2-4-9(11)7-14/h2-6,8H,7H2,1H3,(H,15,16). The monoisotopic (exact) mass is 325 g/mol. The predicted octanol–water partition coefficient (Wildman–Crippen LogP) is 3.90. The van der Waals surface area contributed by atoms with E-state index in [-0.39, 0.29) is 5.91 Å². The van der Waals surface area contributed by atoms with Crippen LogP contribution >= 0.6 is 27.3 Å². The molecule has 1 amide bonds. The number of anilines is 1. The van der Waals surface area contributed by atoms with Gasteiger partial charge < -0.3 is 10.1 Å². The molecule has 3 nitrogen and oxygen atoms in total. The second-order valence-electron chi connectivity index (χ2n) is 3.60. The van der Waals surface area contributed by atoms with E-state index in [0.29, 0.717) is 16.0 Å². The maximum absolute atomic E-state index is 12.0. The van der Waals surface area contributed by atoms with E-state index in [2.05, 4.69) is 21.2 Å². The number of rotatable bonds is 4. The van der Waals surface area contributed by atoms with E-state index in [1.165, 1.54) is 11.3 Å². The van der Waals surface area contributed by atoms with Crippen molar-refractivity contribution in [3.63, 3.8) is 0 Å². The van der Waals surface area contributed by atoms with Crippen molar-refractivity contribution in [3.05, 3.63) is 46.2 Å². The van der Waals surface area contributed by atoms with Crippen molar-refractivity contribution in [2.45, 2.75) is 5.33 Å². The average Bonchev–Trinajstić information content (AvgIpc) is 2.88. The van der Waals surface area contributed by atoms with Crippen molar-refractivity contribution >= 4 is 38.9 Å². The second kappa shape index (κ2) is 6.02. The highest BCUT2D eigenvalue weighted by atomic mass is 79.9. The zero-order valence-electron chi connectivity index (χ0n) is 9.77. The fourth-order valence-corrected chi connectivity index (χ4v) is 2.73. The molecule has 0 saturated heterocycles. The Bertz CT molecular complexity index is 553. The van der Waals surface area contributed by atoms with E-state index >= 15 is 0 Å². The first-order valence-electron chi connectivity index (χ1n) is 5.32. The number of thiophene rings is 1. The highest BCUT2D eigenvalue weighted by molar-refractivity contribution is 9.08. The van der Waals surface area contributed by atoms with Gasteiger partial charge in [-0.15, -0.1) is 11.3 Å². The van der Waals surface area contributed by atoms with Crippen LogP contribution in [0.4, 0.5) is 5.69 Å². The number of hydrogen-bond acceptors (Lipinski definition) is 3. The molecule has 0 fully saturated rings. The third-order valence-electron chi connectivity index (χ3n) is 2.44. The van der Waals surface area contributed by atoms with Crippen LogP contribution < -0.4 is 10.1 Å². The number of methoxy groups -OCH3 is 1. The molecule has 0 bridgehead atoms. The number of alkyl halides is 1. The van der Waals surface area contributed by atoms with E-state index in [1.807, 2.05) is 29.6 Å². The number of carbonyl (C=O) groups excluding carboxylic acids is 1. The van der Waals surface area contributed by atoms with E-state index < -0.39 is 0 Å². The van der Waals surface area contributed by atoms with Crippen LogP contribution in [0.15, 0.2) is 35.7 Å². The number of carbonyl (C=O) groups is 1. The van der Waals surface area contributed by atoms with Gasteiger partial charge in [0.15, 0.2) is 0 Å². The Morgan fingerprint density at radius 3 is 2.89 bits per heavy atom. The van der Waals surface area contributed by atoms with Crippen LogP contribution in [0.2, 0.25) is 0 Å². The number of benzene rings is 1. The van der Waals surface area contributed by atoms with Gasteiger partial charge in [0.2, 0.25) is 0 Å². The number of halogens is 1. The van der Waals surface area contributed by atoms with E-state index in [0.717, 1.165) is 11.3 Å². The summed E-state index contributed by atoms with van der Waals surface area (Å²) < 4.78 is 5.06. The van der Waals surface area contributed by atoms with Gasteiger partial charge in [0.25, 0.3) is 5.91 Å². The van der Waals surface area contributed by atoms with Gasteiger partial charge in [-0.05, 0) is 11.6 Å². The molecule has 0 spiro atoms. The van der Waals surface area contributed by atoms with Gasteiger partial charge in [-0.25, -0.2) is 0 Å². The molecule has 0 atom stereocenters. The molecule has 5 heteroatoms. The molecule has 2 rings (SSSR count). The van der Waals surface area contributed by atoms with Gasteiger partial charge in [-0.3, -0.25) is 4.79 Å². The fraction of sp³-hybridized carbons (Fsp3) is 0.154. The largest absolute Gasteiger partial charge is 0.496 e. The summed E-state index contributed by atoms with van der Waals surface area (Å²) in [4.78, 5) is 12.7. The number of hydrogen-bond donors (Lipinski definition) is 1. The average molecular weight is 326 g/mol. The molecule has 1 aromatic heterocycles. The lowest BCUT2D eigenvalue weighted by Crippen LogP contribution is -2.11. The van der Waals surface area contributed by atoms with Crippen LogP contribution in [-0.4, -0.2) is 13.0 Å². The maximum Gasteiger partial charge on any atom is 0.265 e. The molecule has 0 radical (unpaired) electrons. The van der Waals surface area contributed by atoms with Gasteiger partial charge in [0, 0.05) is 22.5 Å². The molecule has 0 saturated carbocycles. The molecular formula is C13H12BrNO2S. The minimum absolute atomic E-state index is 0.114. The summed E-state index contributed by atoms with van der Waals surface area (Å²) in [6.07, 6.45) is 0. The Balaban J connectivity index is 2.16. The van der Waals surface area contributed by atoms with Gasteiger partial charge in [0.05, 0.1) is 12.0 Å². The lowest BCUT2D eigenvalue weighted by Gasteiger charge is -2.07. The quantitative estimate of drug-likeness (QED) is 0.865. The van der Waals surface area contributed by atoms with Crippen LogP contribution in [0.5, 0.6) is 5.75 Å². The number of para-hydroxylation sites is 1. The summed E-state index contributed by atoms with van der Waals surface area (Å²) in [5.41, 5.74) is 1.88. The highest BCUT2D eigenvalue weighted by Gasteiger charge is 2.11. The Kier molecular flexibility index (Phi) is 4.38. The van der Waals surface area contributed by atoms with E-state index in [9.17, 15) is 4.79 Å². The Hall–Kier alpha value is -1.33. The number of ether oxygens (including phenoxy) is 1. The summed E-state index contributed by atoms with van der Waals surface area (Å²) in [5, 5.41) is 5.42. The first-order chi connectivity index (χ1) is 8.74. The Morgan fingerprint density at radius 2 is 2.22 bits per heavy atom. The van der Waals surface area contributed by atoms with Crippen molar-refractivity contribution in [3.8, 4) is 5.75 Å². The number of amides is 1. The summed E-state index contributed by atoms with van der Waals surface area (Å²) in [5.74, 6) is 0.593. The minimum atomic E-state index is -0.114. The molecule has 0 unspecified atom stereocenters. The normalized spacial score (nSPS) is 10.1. The third-order valence-corrected chi connectivity index (χ3v) is 3.96. The molecule has 0 aliphatic heterocycles. The van der Waals surface area contributed by atoms with Crippen molar-refractivity contribution in [2.75, 3.05) is 12.4 Å². The minimum Gasteiger partial charge on any atom is -0.496 e. The van der Waals surface area contributed by atoms with Crippen molar-refractivity contribution in [1.82, 2.24) is 0 Å². The van der Waals surface area contributed by atoms with E-state index in [1.54, 1.807) is 13.2 Å². The number of nitrogens with one attached hydrogen (secondary N) is 1. The predicted molar refractivity (Wildman–Crippen MR) is 77.9 cm³/mol. The molecule has 18 heavy (non-hydrogen) atoms. The topological polar surface area (TPSA) is 38.3 Å². The maximum atomic E-state index is 12.0. The summed E-state index contributed by atoms with van der Waals surface area (Å²) >= 11 is 4.77. The molecule has 0 aliphatic rings. The van der Waals surface area contributed by atoms with E-state index in [4.69, 9.17) is 4.74 Å². The van der Waals surface area contributed by atoms with Gasteiger partial charge in [0.1, 0.15) is 5.75 Å². The molecular weight excluding hydrogens is 314 g/mol. The smallest absolute Gasteiger partial charge is 0.265 e. The van der Waals surface area contributed by atoms with Crippen molar-refractivity contribution < 1.29 is 9.53 Å². The Labute approximate surface area is 118 Å². The zero-order chi connectivity index (χ0) is 13.0. The molecule has 1 heterocycles. The van der Waals surface area contributed by atoms with Gasteiger partial charge in [-0.2, -0.15) is 0 Å². The Morgan fingerprint density at radius 1 is 1.44 bits per heavy atom. The summed E-state index contributed by atoms with van der Waals surface area (Å²) in [6.45, 7) is 0. The SMILES string of the molecule is COc1csc(C(=O)Nc2ccccc2CBr)c1. The van der Waals surface area contributed by atoms with Crippen molar-refractivity contribution in [1.29, 1.82) is 0 Å². The first-order valence-corrected chi connectivity index (χ1v) is 7.32. The molecule has 1 N–H and O–H groups in total. The fourth-order valence-electron chi connectivity index (χ4n) is 1.49. The second-order valence-corrected chi connectivity index (χ2v) is 5.07. The van der Waals surface area contributed by atoms with Crippen LogP contribution in [0.1, 0.15) is 15.2 Å². The summed E-state index contributed by atoms with van der Waals surface area (Å²) in [7, 11) is 1.59. The molecule has 0 aliphatic carbocycles. The van der Waals surface area contributed by atoms with Gasteiger partial charge in [-0.1, -0.05) is 34.1 Å². The highest BCUT2D eigenvalue weighted by Crippen LogP contribution is 2.23. The first kappa shape index (κ1) is 13.1. The molecule has 2 aromatic rings. The van der Waals surface area contributed by atoms with Gasteiger partial charge >= 0.3 is 0 Å². The van der Waals surface area contributed by atoms with Crippen LogP contribution in [-0.2, 0) is 5.33 Å². The van der Waals surface area contributed by atoms with Crippen LogP contribution in [0.25, 0.3) is 0 Å².